The summed E-state index contributed by atoms with van der Waals surface area (Å²) in [5, 5.41) is 8.35. The number of benzene rings is 2. The number of nitrogens with one attached hydrogen (secondary N) is 1. The van der Waals surface area contributed by atoms with Gasteiger partial charge in [-0.3, -0.25) is 4.79 Å². The fraction of sp³-hybridized carbons (Fsp3) is 0.238. The van der Waals surface area contributed by atoms with Gasteiger partial charge in [-0.25, -0.2) is 13.1 Å². The van der Waals surface area contributed by atoms with Gasteiger partial charge in [0.05, 0.1) is 28.3 Å². The zero-order chi connectivity index (χ0) is 22.0. The van der Waals surface area contributed by atoms with E-state index in [9.17, 15) is 13.2 Å². The van der Waals surface area contributed by atoms with Crippen LogP contribution in [0, 0.1) is 0 Å². The van der Waals surface area contributed by atoms with Gasteiger partial charge in [-0.15, -0.1) is 0 Å². The maximum absolute atomic E-state index is 12.5. The van der Waals surface area contributed by atoms with Crippen molar-refractivity contribution in [3.63, 3.8) is 0 Å². The van der Waals surface area contributed by atoms with Gasteiger partial charge in [0.1, 0.15) is 11.6 Å². The number of halogens is 2. The van der Waals surface area contributed by atoms with E-state index in [1.54, 1.807) is 47.1 Å². The van der Waals surface area contributed by atoms with Crippen molar-refractivity contribution < 1.29 is 17.9 Å². The minimum Gasteiger partial charge on any atom is -0.482 e. The molecule has 162 valence electrons. The fourth-order valence-corrected chi connectivity index (χ4v) is 5.39. The van der Waals surface area contributed by atoms with Crippen LogP contribution in [0.5, 0.6) is 5.75 Å². The summed E-state index contributed by atoms with van der Waals surface area (Å²) in [6.45, 7) is -0.256. The summed E-state index contributed by atoms with van der Waals surface area (Å²) >= 11 is 12.0. The SMILES string of the molecule is O=C(COc1ccccc1Cl)Nc1cc(-c2ccc(Cl)cc2)nn1[C@H]1CCS(=O)(=O)C1. The van der Waals surface area contributed by atoms with E-state index in [0.29, 0.717) is 33.7 Å². The third-order valence-corrected chi connectivity index (χ3v) is 7.21. The Kier molecular flexibility index (Phi) is 6.22. The number of para-hydroxylation sites is 1. The molecular formula is C21H19Cl2N3O4S. The Labute approximate surface area is 189 Å². The minimum atomic E-state index is -3.13. The van der Waals surface area contributed by atoms with Gasteiger partial charge in [0.2, 0.25) is 0 Å². The molecule has 1 aliphatic heterocycles. The molecule has 1 amide bonds. The van der Waals surface area contributed by atoms with Crippen molar-refractivity contribution >= 4 is 44.8 Å². The second-order valence-electron chi connectivity index (χ2n) is 7.19. The Hall–Kier alpha value is -2.55. The molecule has 1 N–H and O–H groups in total. The van der Waals surface area contributed by atoms with E-state index in [4.69, 9.17) is 27.9 Å². The maximum atomic E-state index is 12.5. The summed E-state index contributed by atoms with van der Waals surface area (Å²) in [6, 6.07) is 15.3. The Morgan fingerprint density at radius 2 is 1.90 bits per heavy atom. The second kappa shape index (κ2) is 8.90. The topological polar surface area (TPSA) is 90.3 Å². The summed E-state index contributed by atoms with van der Waals surface area (Å²) < 4.78 is 31.0. The number of carbonyl (C=O) groups is 1. The van der Waals surface area contributed by atoms with Crippen LogP contribution < -0.4 is 10.1 Å². The lowest BCUT2D eigenvalue weighted by molar-refractivity contribution is -0.118. The third kappa shape index (κ3) is 5.20. The van der Waals surface area contributed by atoms with Crippen LogP contribution in [-0.2, 0) is 14.6 Å². The predicted octanol–water partition coefficient (Wildman–Crippen LogP) is 4.23. The molecule has 0 aliphatic carbocycles. The standard InChI is InChI=1S/C21H19Cl2N3O4S/c22-15-7-5-14(6-8-15)18-11-20(26(25-18)16-9-10-31(28,29)13-16)24-21(27)12-30-19-4-2-1-3-17(19)23/h1-8,11,16H,9-10,12-13H2,(H,24,27)/t16-/m0/s1. The summed E-state index contributed by atoms with van der Waals surface area (Å²) in [5.74, 6) is 0.464. The van der Waals surface area contributed by atoms with Crippen molar-refractivity contribution in [3.05, 3.63) is 64.6 Å². The van der Waals surface area contributed by atoms with Gasteiger partial charge in [0, 0.05) is 16.7 Å². The Morgan fingerprint density at radius 3 is 2.58 bits per heavy atom. The van der Waals surface area contributed by atoms with Crippen LogP contribution >= 0.6 is 23.2 Å². The highest BCUT2D eigenvalue weighted by Gasteiger charge is 2.31. The molecule has 1 atom stereocenters. The Bertz CT molecular complexity index is 1210. The Morgan fingerprint density at radius 1 is 1.16 bits per heavy atom. The number of carbonyl (C=O) groups excluding carboxylic acids is 1. The molecule has 10 heteroatoms. The van der Waals surface area contributed by atoms with Crippen molar-refractivity contribution in [2.45, 2.75) is 12.5 Å². The molecule has 0 spiro atoms. The van der Waals surface area contributed by atoms with Crippen LogP contribution in [0.1, 0.15) is 12.5 Å². The molecule has 1 saturated heterocycles. The van der Waals surface area contributed by atoms with E-state index in [0.717, 1.165) is 5.56 Å². The number of rotatable bonds is 6. The van der Waals surface area contributed by atoms with E-state index >= 15 is 0 Å². The number of nitrogens with zero attached hydrogens (tertiary/aromatic N) is 2. The van der Waals surface area contributed by atoms with E-state index in [2.05, 4.69) is 10.4 Å². The molecular weight excluding hydrogens is 461 g/mol. The minimum absolute atomic E-state index is 0.0201. The van der Waals surface area contributed by atoms with Gasteiger partial charge in [-0.2, -0.15) is 5.10 Å². The van der Waals surface area contributed by atoms with Crippen LogP contribution in [0.15, 0.2) is 54.6 Å². The largest absolute Gasteiger partial charge is 0.482 e. The predicted molar refractivity (Wildman–Crippen MR) is 121 cm³/mol. The van der Waals surface area contributed by atoms with Crippen molar-refractivity contribution in [1.29, 1.82) is 0 Å². The van der Waals surface area contributed by atoms with E-state index in [-0.39, 0.29) is 24.2 Å². The highest BCUT2D eigenvalue weighted by atomic mass is 35.5. The molecule has 3 aromatic rings. The number of sulfone groups is 1. The average molecular weight is 480 g/mol. The third-order valence-electron chi connectivity index (χ3n) is 4.89. The van der Waals surface area contributed by atoms with Crippen LogP contribution in [-0.4, -0.2) is 42.2 Å². The lowest BCUT2D eigenvalue weighted by Crippen LogP contribution is -2.23. The summed E-state index contributed by atoms with van der Waals surface area (Å²) in [7, 11) is -3.13. The average Bonchev–Trinajstić information content (AvgIpc) is 3.30. The molecule has 0 bridgehead atoms. The second-order valence-corrected chi connectivity index (χ2v) is 10.3. The van der Waals surface area contributed by atoms with E-state index in [1.807, 2.05) is 12.1 Å². The monoisotopic (exact) mass is 479 g/mol. The van der Waals surface area contributed by atoms with Crippen LogP contribution in [0.4, 0.5) is 5.82 Å². The molecule has 1 aliphatic rings. The summed E-state index contributed by atoms with van der Waals surface area (Å²) in [4.78, 5) is 12.5. The molecule has 0 unspecified atom stereocenters. The normalized spacial score (nSPS) is 17.4. The molecule has 0 radical (unpaired) electrons. The van der Waals surface area contributed by atoms with Gasteiger partial charge in [0.15, 0.2) is 16.4 Å². The highest BCUT2D eigenvalue weighted by molar-refractivity contribution is 7.91. The molecule has 1 fully saturated rings. The number of aromatic nitrogens is 2. The zero-order valence-electron chi connectivity index (χ0n) is 16.3. The molecule has 31 heavy (non-hydrogen) atoms. The van der Waals surface area contributed by atoms with Gasteiger partial charge >= 0.3 is 0 Å². The van der Waals surface area contributed by atoms with Gasteiger partial charge in [-0.05, 0) is 30.7 Å². The van der Waals surface area contributed by atoms with Gasteiger partial charge in [0.25, 0.3) is 5.91 Å². The number of ether oxygens (including phenoxy) is 1. The first-order chi connectivity index (χ1) is 14.8. The van der Waals surface area contributed by atoms with Gasteiger partial charge < -0.3 is 10.1 Å². The first-order valence-electron chi connectivity index (χ1n) is 9.54. The first-order valence-corrected chi connectivity index (χ1v) is 12.1. The summed E-state index contributed by atoms with van der Waals surface area (Å²) in [5.41, 5.74) is 1.40. The van der Waals surface area contributed by atoms with Crippen LogP contribution in [0.2, 0.25) is 10.0 Å². The lowest BCUT2D eigenvalue weighted by Gasteiger charge is -2.14. The molecule has 4 rings (SSSR count). The zero-order valence-corrected chi connectivity index (χ0v) is 18.6. The quantitative estimate of drug-likeness (QED) is 0.570. The molecule has 0 saturated carbocycles. The van der Waals surface area contributed by atoms with Crippen molar-refractivity contribution in [3.8, 4) is 17.0 Å². The summed E-state index contributed by atoms with van der Waals surface area (Å²) in [6.07, 6.45) is 0.434. The number of amides is 1. The van der Waals surface area contributed by atoms with Crippen LogP contribution in [0.25, 0.3) is 11.3 Å². The molecule has 7 nitrogen and oxygen atoms in total. The lowest BCUT2D eigenvalue weighted by atomic mass is 10.1. The van der Waals surface area contributed by atoms with E-state index < -0.39 is 15.7 Å². The molecule has 2 aromatic carbocycles. The van der Waals surface area contributed by atoms with E-state index in [1.165, 1.54) is 0 Å². The number of anilines is 1. The smallest absolute Gasteiger partial charge is 0.263 e. The van der Waals surface area contributed by atoms with Crippen molar-refractivity contribution in [2.24, 2.45) is 0 Å². The Balaban J connectivity index is 1.56. The maximum Gasteiger partial charge on any atom is 0.263 e. The van der Waals surface area contributed by atoms with Crippen LogP contribution in [0.3, 0.4) is 0 Å². The number of hydrogen-bond acceptors (Lipinski definition) is 5. The van der Waals surface area contributed by atoms with Gasteiger partial charge in [-0.1, -0.05) is 47.5 Å². The van der Waals surface area contributed by atoms with Crippen molar-refractivity contribution in [2.75, 3.05) is 23.4 Å². The first kappa shape index (κ1) is 21.7. The molecule has 2 heterocycles. The molecule has 1 aromatic heterocycles. The number of hydrogen-bond donors (Lipinski definition) is 1. The van der Waals surface area contributed by atoms with Crippen molar-refractivity contribution in [1.82, 2.24) is 9.78 Å². The fourth-order valence-electron chi connectivity index (χ4n) is 3.38. The highest BCUT2D eigenvalue weighted by Crippen LogP contribution is 2.31.